The van der Waals surface area contributed by atoms with Crippen LogP contribution < -0.4 is 10.1 Å². The van der Waals surface area contributed by atoms with Crippen molar-refractivity contribution >= 4 is 5.91 Å². The average molecular weight is 397 g/mol. The van der Waals surface area contributed by atoms with Gasteiger partial charge in [0.1, 0.15) is 17.8 Å². The molecule has 2 heterocycles. The van der Waals surface area contributed by atoms with E-state index in [1.54, 1.807) is 25.5 Å². The lowest BCUT2D eigenvalue weighted by atomic mass is 10.1. The number of aromatic nitrogens is 1. The normalized spacial score (nSPS) is 12.1. The van der Waals surface area contributed by atoms with Crippen molar-refractivity contribution in [2.75, 3.05) is 7.11 Å². The van der Waals surface area contributed by atoms with E-state index in [0.29, 0.717) is 30.8 Å². The molecule has 3 rings (SSSR count). The topological polar surface area (TPSA) is 80.7 Å². The standard InChI is InChI=1S/C22H27N3O4/c1-4-16(2)25(13-17-7-9-18(27-3)10-8-17)14-21-24-20(15-29-21)22(26)23-12-19-6-5-11-28-19/h5-11,15-16H,4,12-14H2,1-3H3,(H,23,26). The molecule has 7 heteroatoms. The Balaban J connectivity index is 1.62. The number of ether oxygens (including phenoxy) is 1. The highest BCUT2D eigenvalue weighted by Crippen LogP contribution is 2.18. The van der Waals surface area contributed by atoms with Gasteiger partial charge in [0, 0.05) is 12.6 Å². The molecular weight excluding hydrogens is 370 g/mol. The Morgan fingerprint density at radius 2 is 2.00 bits per heavy atom. The molecule has 154 valence electrons. The molecule has 2 aromatic heterocycles. The van der Waals surface area contributed by atoms with Crippen LogP contribution in [0.2, 0.25) is 0 Å². The number of hydrogen-bond donors (Lipinski definition) is 1. The fraction of sp³-hybridized carbons (Fsp3) is 0.364. The summed E-state index contributed by atoms with van der Waals surface area (Å²) in [7, 11) is 1.66. The molecule has 7 nitrogen and oxygen atoms in total. The number of hydrogen-bond acceptors (Lipinski definition) is 6. The lowest BCUT2D eigenvalue weighted by Gasteiger charge is -2.27. The van der Waals surface area contributed by atoms with Crippen LogP contribution in [0.3, 0.4) is 0 Å². The summed E-state index contributed by atoms with van der Waals surface area (Å²) in [5.74, 6) is 1.75. The second-order valence-electron chi connectivity index (χ2n) is 6.90. The minimum absolute atomic E-state index is 0.264. The van der Waals surface area contributed by atoms with Gasteiger partial charge in [0.2, 0.25) is 5.89 Å². The molecule has 0 saturated carbocycles. The molecule has 0 aliphatic heterocycles. The molecular formula is C22H27N3O4. The van der Waals surface area contributed by atoms with E-state index in [9.17, 15) is 4.79 Å². The zero-order chi connectivity index (χ0) is 20.6. The number of nitrogens with zero attached hydrogens (tertiary/aromatic N) is 2. The van der Waals surface area contributed by atoms with E-state index >= 15 is 0 Å². The maximum absolute atomic E-state index is 12.3. The first-order valence-electron chi connectivity index (χ1n) is 9.71. The highest BCUT2D eigenvalue weighted by atomic mass is 16.5. The van der Waals surface area contributed by atoms with Crippen LogP contribution in [0.5, 0.6) is 5.75 Å². The highest BCUT2D eigenvalue weighted by molar-refractivity contribution is 5.91. The largest absolute Gasteiger partial charge is 0.497 e. The van der Waals surface area contributed by atoms with E-state index in [-0.39, 0.29) is 11.6 Å². The number of rotatable bonds is 10. The fourth-order valence-corrected chi connectivity index (χ4v) is 2.92. The minimum Gasteiger partial charge on any atom is -0.497 e. The van der Waals surface area contributed by atoms with Crippen molar-refractivity contribution in [2.45, 2.75) is 45.9 Å². The lowest BCUT2D eigenvalue weighted by Crippen LogP contribution is -2.31. The van der Waals surface area contributed by atoms with Gasteiger partial charge in [-0.25, -0.2) is 4.98 Å². The van der Waals surface area contributed by atoms with Crippen LogP contribution in [0.15, 0.2) is 57.8 Å². The zero-order valence-electron chi connectivity index (χ0n) is 17.1. The summed E-state index contributed by atoms with van der Waals surface area (Å²) in [6.07, 6.45) is 3.96. The fourth-order valence-electron chi connectivity index (χ4n) is 2.92. The minimum atomic E-state index is -0.290. The third-order valence-corrected chi connectivity index (χ3v) is 4.88. The smallest absolute Gasteiger partial charge is 0.273 e. The molecule has 1 N–H and O–H groups in total. The third-order valence-electron chi connectivity index (χ3n) is 4.88. The SMILES string of the molecule is CCC(C)N(Cc1ccc(OC)cc1)Cc1nc(C(=O)NCc2ccco2)co1. The molecule has 0 aliphatic carbocycles. The molecule has 0 saturated heterocycles. The highest BCUT2D eigenvalue weighted by Gasteiger charge is 2.18. The van der Waals surface area contributed by atoms with E-state index in [1.807, 2.05) is 12.1 Å². The maximum atomic E-state index is 12.3. The van der Waals surface area contributed by atoms with E-state index in [0.717, 1.165) is 18.7 Å². The first-order chi connectivity index (χ1) is 14.1. The van der Waals surface area contributed by atoms with Crippen LogP contribution in [-0.2, 0) is 19.6 Å². The third kappa shape index (κ3) is 5.71. The van der Waals surface area contributed by atoms with Gasteiger partial charge >= 0.3 is 0 Å². The van der Waals surface area contributed by atoms with Crippen LogP contribution in [0.25, 0.3) is 0 Å². The quantitative estimate of drug-likeness (QED) is 0.557. The van der Waals surface area contributed by atoms with Crippen molar-refractivity contribution < 1.29 is 18.4 Å². The number of benzene rings is 1. The van der Waals surface area contributed by atoms with Gasteiger partial charge in [0.25, 0.3) is 5.91 Å². The number of methoxy groups -OCH3 is 1. The van der Waals surface area contributed by atoms with Gasteiger partial charge in [-0.1, -0.05) is 19.1 Å². The van der Waals surface area contributed by atoms with Crippen molar-refractivity contribution in [2.24, 2.45) is 0 Å². The summed E-state index contributed by atoms with van der Waals surface area (Å²) in [5.41, 5.74) is 1.44. The molecule has 0 bridgehead atoms. The van der Waals surface area contributed by atoms with Crippen molar-refractivity contribution in [1.82, 2.24) is 15.2 Å². The number of carbonyl (C=O) groups excluding carboxylic acids is 1. The first-order valence-corrected chi connectivity index (χ1v) is 9.71. The van der Waals surface area contributed by atoms with E-state index in [1.165, 1.54) is 11.8 Å². The molecule has 0 spiro atoms. The lowest BCUT2D eigenvalue weighted by molar-refractivity contribution is 0.0943. The number of carbonyl (C=O) groups is 1. The molecule has 3 aromatic rings. The molecule has 0 fully saturated rings. The van der Waals surface area contributed by atoms with Gasteiger partial charge < -0.3 is 18.9 Å². The number of amides is 1. The van der Waals surface area contributed by atoms with Crippen LogP contribution in [-0.4, -0.2) is 28.9 Å². The molecule has 0 radical (unpaired) electrons. The van der Waals surface area contributed by atoms with Gasteiger partial charge in [-0.2, -0.15) is 0 Å². The predicted molar refractivity (Wildman–Crippen MR) is 108 cm³/mol. The first kappa shape index (κ1) is 20.7. The van der Waals surface area contributed by atoms with Gasteiger partial charge in [0.05, 0.1) is 26.5 Å². The van der Waals surface area contributed by atoms with Crippen LogP contribution >= 0.6 is 0 Å². The second-order valence-corrected chi connectivity index (χ2v) is 6.90. The summed E-state index contributed by atoms with van der Waals surface area (Å²) in [5, 5.41) is 2.77. The Morgan fingerprint density at radius 3 is 2.66 bits per heavy atom. The Kier molecular flexibility index (Phi) is 7.08. The van der Waals surface area contributed by atoms with Crippen LogP contribution in [0, 0.1) is 0 Å². The van der Waals surface area contributed by atoms with E-state index in [4.69, 9.17) is 13.6 Å². The Labute approximate surface area is 170 Å². The van der Waals surface area contributed by atoms with Crippen molar-refractivity contribution in [1.29, 1.82) is 0 Å². The van der Waals surface area contributed by atoms with Crippen LogP contribution in [0.4, 0.5) is 0 Å². The second kappa shape index (κ2) is 9.93. The zero-order valence-corrected chi connectivity index (χ0v) is 17.1. The molecule has 1 atom stereocenters. The summed E-state index contributed by atoms with van der Waals surface area (Å²) in [6, 6.07) is 11.9. The van der Waals surface area contributed by atoms with Gasteiger partial charge in [-0.15, -0.1) is 0 Å². The van der Waals surface area contributed by atoms with Gasteiger partial charge in [-0.05, 0) is 43.2 Å². The number of oxazole rings is 1. The van der Waals surface area contributed by atoms with Gasteiger partial charge in [-0.3, -0.25) is 9.69 Å². The van der Waals surface area contributed by atoms with E-state index < -0.39 is 0 Å². The predicted octanol–water partition coefficient (Wildman–Crippen LogP) is 4.01. The molecule has 29 heavy (non-hydrogen) atoms. The summed E-state index contributed by atoms with van der Waals surface area (Å²) in [6.45, 7) is 5.90. The Hall–Kier alpha value is -3.06. The molecule has 0 aliphatic rings. The molecule has 1 amide bonds. The monoisotopic (exact) mass is 397 g/mol. The van der Waals surface area contributed by atoms with Crippen molar-refractivity contribution in [3.8, 4) is 5.75 Å². The summed E-state index contributed by atoms with van der Waals surface area (Å²) >= 11 is 0. The average Bonchev–Trinajstić information content (AvgIpc) is 3.43. The Morgan fingerprint density at radius 1 is 1.21 bits per heavy atom. The number of nitrogens with one attached hydrogen (secondary N) is 1. The Bertz CT molecular complexity index is 887. The molecule has 1 aromatic carbocycles. The summed E-state index contributed by atoms with van der Waals surface area (Å²) < 4.78 is 16.0. The maximum Gasteiger partial charge on any atom is 0.273 e. The van der Waals surface area contributed by atoms with Crippen molar-refractivity contribution in [3.63, 3.8) is 0 Å². The summed E-state index contributed by atoms with van der Waals surface area (Å²) in [4.78, 5) is 18.9. The van der Waals surface area contributed by atoms with Crippen LogP contribution in [0.1, 0.15) is 48.0 Å². The van der Waals surface area contributed by atoms with Crippen molar-refractivity contribution in [3.05, 3.63) is 71.8 Å². The van der Waals surface area contributed by atoms with E-state index in [2.05, 4.69) is 41.2 Å². The molecule has 1 unspecified atom stereocenters. The van der Waals surface area contributed by atoms with Gasteiger partial charge in [0.15, 0.2) is 5.69 Å². The number of furan rings is 1.